The second-order valence-electron chi connectivity index (χ2n) is 5.71. The monoisotopic (exact) mass is 205 g/mol. The lowest BCUT2D eigenvalue weighted by Gasteiger charge is -2.27. The Labute approximate surface area is 93.9 Å². The van der Waals surface area contributed by atoms with Gasteiger partial charge < -0.3 is 5.32 Å². The molecule has 1 rings (SSSR count). The van der Waals surface area contributed by atoms with Gasteiger partial charge in [0.1, 0.15) is 0 Å². The van der Waals surface area contributed by atoms with Gasteiger partial charge in [0.05, 0.1) is 0 Å². The number of hydrogen-bond donors (Lipinski definition) is 1. The summed E-state index contributed by atoms with van der Waals surface area (Å²) in [7, 11) is 2.00. The average molecular weight is 205 g/mol. The van der Waals surface area contributed by atoms with E-state index < -0.39 is 0 Å². The highest BCUT2D eigenvalue weighted by Gasteiger charge is 2.20. The molecule has 0 aliphatic carbocycles. The summed E-state index contributed by atoms with van der Waals surface area (Å²) in [5, 5.41) is 3.34. The van der Waals surface area contributed by atoms with Gasteiger partial charge >= 0.3 is 0 Å². The van der Waals surface area contributed by atoms with Crippen molar-refractivity contribution in [3.8, 4) is 0 Å². The summed E-state index contributed by atoms with van der Waals surface area (Å²) in [6.07, 6.45) is 0. The number of nitrogens with one attached hydrogen (secondary N) is 1. The Morgan fingerprint density at radius 1 is 0.933 bits per heavy atom. The third-order valence-corrected chi connectivity index (χ3v) is 3.08. The molecule has 0 amide bonds. The number of benzene rings is 1. The molecular weight excluding hydrogens is 182 g/mol. The van der Waals surface area contributed by atoms with Crippen molar-refractivity contribution >= 4 is 0 Å². The fourth-order valence-corrected chi connectivity index (χ4v) is 1.52. The van der Waals surface area contributed by atoms with Gasteiger partial charge in [-0.2, -0.15) is 0 Å². The minimum atomic E-state index is 0.0429. The maximum atomic E-state index is 3.34. The lowest BCUT2D eigenvalue weighted by Crippen LogP contribution is -2.33. The van der Waals surface area contributed by atoms with Crippen molar-refractivity contribution in [2.75, 3.05) is 7.05 Å². The second kappa shape index (κ2) is 3.97. The van der Waals surface area contributed by atoms with Crippen LogP contribution in [0.15, 0.2) is 24.3 Å². The van der Waals surface area contributed by atoms with Crippen LogP contribution in [-0.2, 0) is 11.0 Å². The van der Waals surface area contributed by atoms with Crippen LogP contribution in [0.5, 0.6) is 0 Å². The SMILES string of the molecule is CNC(C)(C)c1cccc(C(C)(C)C)c1. The van der Waals surface area contributed by atoms with Gasteiger partial charge in [-0.05, 0) is 37.4 Å². The summed E-state index contributed by atoms with van der Waals surface area (Å²) in [4.78, 5) is 0. The first-order valence-corrected chi connectivity index (χ1v) is 5.57. The van der Waals surface area contributed by atoms with E-state index in [2.05, 4.69) is 64.2 Å². The summed E-state index contributed by atoms with van der Waals surface area (Å²) < 4.78 is 0. The minimum Gasteiger partial charge on any atom is -0.311 e. The zero-order valence-corrected chi connectivity index (χ0v) is 10.8. The maximum Gasteiger partial charge on any atom is 0.0375 e. The van der Waals surface area contributed by atoms with Gasteiger partial charge in [0.15, 0.2) is 0 Å². The van der Waals surface area contributed by atoms with Crippen molar-refractivity contribution in [2.24, 2.45) is 0 Å². The molecule has 1 aromatic rings. The van der Waals surface area contributed by atoms with Gasteiger partial charge in [-0.25, -0.2) is 0 Å². The van der Waals surface area contributed by atoms with Gasteiger partial charge in [-0.3, -0.25) is 0 Å². The Morgan fingerprint density at radius 3 is 1.93 bits per heavy atom. The van der Waals surface area contributed by atoms with E-state index in [4.69, 9.17) is 0 Å². The summed E-state index contributed by atoms with van der Waals surface area (Å²) in [5.74, 6) is 0. The standard InChI is InChI=1S/C14H23N/c1-13(2,3)11-8-7-9-12(10-11)14(4,5)15-6/h7-10,15H,1-6H3. The molecule has 0 saturated carbocycles. The second-order valence-corrected chi connectivity index (χ2v) is 5.71. The first-order valence-electron chi connectivity index (χ1n) is 5.57. The van der Waals surface area contributed by atoms with Crippen molar-refractivity contribution in [1.82, 2.24) is 5.32 Å². The van der Waals surface area contributed by atoms with E-state index >= 15 is 0 Å². The van der Waals surface area contributed by atoms with Crippen LogP contribution >= 0.6 is 0 Å². The van der Waals surface area contributed by atoms with Gasteiger partial charge in [-0.1, -0.05) is 45.0 Å². The van der Waals surface area contributed by atoms with Crippen LogP contribution in [-0.4, -0.2) is 7.05 Å². The zero-order valence-electron chi connectivity index (χ0n) is 10.8. The third kappa shape index (κ3) is 2.82. The molecule has 15 heavy (non-hydrogen) atoms. The molecule has 0 bridgehead atoms. The number of rotatable bonds is 2. The Morgan fingerprint density at radius 2 is 1.47 bits per heavy atom. The van der Waals surface area contributed by atoms with E-state index in [1.807, 2.05) is 7.05 Å². The number of hydrogen-bond acceptors (Lipinski definition) is 1. The minimum absolute atomic E-state index is 0.0429. The van der Waals surface area contributed by atoms with Crippen LogP contribution in [0.2, 0.25) is 0 Å². The Kier molecular flexibility index (Phi) is 3.25. The zero-order chi connectivity index (χ0) is 11.7. The molecule has 0 saturated heterocycles. The molecular formula is C14H23N. The molecule has 0 atom stereocenters. The molecule has 0 aliphatic rings. The summed E-state index contributed by atoms with van der Waals surface area (Å²) in [6, 6.07) is 8.84. The summed E-state index contributed by atoms with van der Waals surface area (Å²) >= 11 is 0. The first kappa shape index (κ1) is 12.3. The van der Waals surface area contributed by atoms with Crippen LogP contribution in [0.25, 0.3) is 0 Å². The van der Waals surface area contributed by atoms with Crippen LogP contribution in [0.4, 0.5) is 0 Å². The van der Waals surface area contributed by atoms with Crippen LogP contribution < -0.4 is 5.32 Å². The van der Waals surface area contributed by atoms with E-state index in [1.165, 1.54) is 11.1 Å². The molecule has 0 heterocycles. The molecule has 0 unspecified atom stereocenters. The third-order valence-electron chi connectivity index (χ3n) is 3.08. The predicted octanol–water partition coefficient (Wildman–Crippen LogP) is 3.44. The fourth-order valence-electron chi connectivity index (χ4n) is 1.52. The quantitative estimate of drug-likeness (QED) is 0.780. The van der Waals surface area contributed by atoms with Gasteiger partial charge in [0, 0.05) is 5.54 Å². The van der Waals surface area contributed by atoms with Crippen molar-refractivity contribution < 1.29 is 0 Å². The van der Waals surface area contributed by atoms with E-state index in [0.29, 0.717) is 0 Å². The molecule has 84 valence electrons. The van der Waals surface area contributed by atoms with Crippen LogP contribution in [0.3, 0.4) is 0 Å². The molecule has 1 nitrogen and oxygen atoms in total. The molecule has 1 heteroatoms. The van der Waals surface area contributed by atoms with Gasteiger partial charge in [0.25, 0.3) is 0 Å². The van der Waals surface area contributed by atoms with E-state index in [0.717, 1.165) is 0 Å². The van der Waals surface area contributed by atoms with E-state index in [1.54, 1.807) is 0 Å². The van der Waals surface area contributed by atoms with Crippen LogP contribution in [0, 0.1) is 0 Å². The Bertz CT molecular complexity index is 331. The van der Waals surface area contributed by atoms with Crippen molar-refractivity contribution in [2.45, 2.75) is 45.6 Å². The largest absolute Gasteiger partial charge is 0.311 e. The first-order chi connectivity index (χ1) is 6.77. The van der Waals surface area contributed by atoms with Crippen molar-refractivity contribution in [3.63, 3.8) is 0 Å². The highest BCUT2D eigenvalue weighted by Crippen LogP contribution is 2.27. The topological polar surface area (TPSA) is 12.0 Å². The van der Waals surface area contributed by atoms with Gasteiger partial charge in [-0.15, -0.1) is 0 Å². The Balaban J connectivity index is 3.14. The van der Waals surface area contributed by atoms with Gasteiger partial charge in [0.2, 0.25) is 0 Å². The van der Waals surface area contributed by atoms with Crippen molar-refractivity contribution in [1.29, 1.82) is 0 Å². The predicted molar refractivity (Wildman–Crippen MR) is 67.2 cm³/mol. The highest BCUT2D eigenvalue weighted by atomic mass is 14.9. The van der Waals surface area contributed by atoms with E-state index in [9.17, 15) is 0 Å². The van der Waals surface area contributed by atoms with Crippen molar-refractivity contribution in [3.05, 3.63) is 35.4 Å². The average Bonchev–Trinajstić information content (AvgIpc) is 2.17. The molecule has 1 N–H and O–H groups in total. The maximum absolute atomic E-state index is 3.34. The molecule has 0 spiro atoms. The lowest BCUT2D eigenvalue weighted by atomic mass is 9.83. The highest BCUT2D eigenvalue weighted by molar-refractivity contribution is 5.32. The normalized spacial score (nSPS) is 12.9. The lowest BCUT2D eigenvalue weighted by molar-refractivity contribution is 0.443. The molecule has 0 aromatic heterocycles. The fraction of sp³-hybridized carbons (Fsp3) is 0.571. The summed E-state index contributed by atoms with van der Waals surface area (Å²) in [5.41, 5.74) is 3.00. The Hall–Kier alpha value is -0.820. The molecule has 0 aliphatic heterocycles. The molecule has 0 radical (unpaired) electrons. The molecule has 1 aromatic carbocycles. The smallest absolute Gasteiger partial charge is 0.0375 e. The summed E-state index contributed by atoms with van der Waals surface area (Å²) in [6.45, 7) is 11.2. The van der Waals surface area contributed by atoms with E-state index in [-0.39, 0.29) is 11.0 Å². The molecule has 0 fully saturated rings. The van der Waals surface area contributed by atoms with Crippen LogP contribution in [0.1, 0.15) is 45.7 Å².